The number of likely N-dealkylation sites (tertiary alicyclic amines) is 1. The van der Waals surface area contributed by atoms with E-state index in [1.165, 1.54) is 31.4 Å². The van der Waals surface area contributed by atoms with E-state index in [-0.39, 0.29) is 0 Å². The standard InChI is InChI=1S/C18H30N2O/c1-3-13-21-17-10-8-15(9-11-17)18-16(14-19)7-5-6-12-20(18)4-2/h8-11,16,18H,3-7,12-14,19H2,1-2H3. The van der Waals surface area contributed by atoms with Gasteiger partial charge < -0.3 is 10.5 Å². The molecule has 2 N–H and O–H groups in total. The van der Waals surface area contributed by atoms with Gasteiger partial charge in [-0.15, -0.1) is 0 Å². The van der Waals surface area contributed by atoms with E-state index < -0.39 is 0 Å². The Labute approximate surface area is 129 Å². The highest BCUT2D eigenvalue weighted by Crippen LogP contribution is 2.35. The fourth-order valence-electron chi connectivity index (χ4n) is 3.38. The monoisotopic (exact) mass is 290 g/mol. The maximum absolute atomic E-state index is 6.06. The van der Waals surface area contributed by atoms with Crippen LogP contribution in [-0.2, 0) is 0 Å². The third kappa shape index (κ3) is 4.21. The van der Waals surface area contributed by atoms with Gasteiger partial charge in [-0.3, -0.25) is 4.90 Å². The Hall–Kier alpha value is -1.06. The Morgan fingerprint density at radius 3 is 2.57 bits per heavy atom. The first-order valence-electron chi connectivity index (χ1n) is 8.47. The highest BCUT2D eigenvalue weighted by atomic mass is 16.5. The summed E-state index contributed by atoms with van der Waals surface area (Å²) in [6, 6.07) is 9.13. The average Bonchev–Trinajstić information content (AvgIpc) is 2.75. The number of nitrogens with zero attached hydrogens (tertiary/aromatic N) is 1. The molecule has 2 rings (SSSR count). The van der Waals surface area contributed by atoms with Gasteiger partial charge in [0, 0.05) is 6.04 Å². The van der Waals surface area contributed by atoms with E-state index in [4.69, 9.17) is 10.5 Å². The fourth-order valence-corrected chi connectivity index (χ4v) is 3.38. The molecule has 0 amide bonds. The summed E-state index contributed by atoms with van der Waals surface area (Å²) >= 11 is 0. The molecule has 21 heavy (non-hydrogen) atoms. The van der Waals surface area contributed by atoms with Crippen molar-refractivity contribution in [3.63, 3.8) is 0 Å². The largest absolute Gasteiger partial charge is 0.494 e. The van der Waals surface area contributed by atoms with Gasteiger partial charge in [-0.05, 0) is 62.5 Å². The molecule has 1 aromatic carbocycles. The lowest BCUT2D eigenvalue weighted by atomic mass is 9.89. The Morgan fingerprint density at radius 1 is 1.19 bits per heavy atom. The van der Waals surface area contributed by atoms with E-state index in [1.54, 1.807) is 0 Å². The second kappa shape index (κ2) is 8.40. The summed E-state index contributed by atoms with van der Waals surface area (Å²) in [6.45, 7) is 8.22. The van der Waals surface area contributed by atoms with E-state index in [9.17, 15) is 0 Å². The number of rotatable bonds is 6. The number of benzene rings is 1. The molecule has 118 valence electrons. The van der Waals surface area contributed by atoms with Crippen LogP contribution in [0.3, 0.4) is 0 Å². The van der Waals surface area contributed by atoms with Crippen LogP contribution in [-0.4, -0.2) is 31.1 Å². The van der Waals surface area contributed by atoms with E-state index >= 15 is 0 Å². The van der Waals surface area contributed by atoms with Crippen molar-refractivity contribution in [1.29, 1.82) is 0 Å². The van der Waals surface area contributed by atoms with E-state index in [0.29, 0.717) is 12.0 Å². The maximum atomic E-state index is 6.06. The SMILES string of the molecule is CCCOc1ccc(C2C(CN)CCCCN2CC)cc1. The first kappa shape index (κ1) is 16.3. The van der Waals surface area contributed by atoms with Gasteiger partial charge in [0.2, 0.25) is 0 Å². The number of hydrogen-bond donors (Lipinski definition) is 1. The minimum Gasteiger partial charge on any atom is -0.494 e. The maximum Gasteiger partial charge on any atom is 0.119 e. The first-order valence-corrected chi connectivity index (χ1v) is 8.47. The number of ether oxygens (including phenoxy) is 1. The Morgan fingerprint density at radius 2 is 1.95 bits per heavy atom. The molecule has 1 aromatic rings. The van der Waals surface area contributed by atoms with E-state index in [2.05, 4.69) is 43.0 Å². The minimum absolute atomic E-state index is 0.461. The normalized spacial score (nSPS) is 23.8. The smallest absolute Gasteiger partial charge is 0.119 e. The molecule has 1 aliphatic rings. The molecule has 0 bridgehead atoms. The van der Waals surface area contributed by atoms with Gasteiger partial charge in [0.05, 0.1) is 6.61 Å². The van der Waals surface area contributed by atoms with Crippen molar-refractivity contribution in [2.24, 2.45) is 11.7 Å². The highest BCUT2D eigenvalue weighted by molar-refractivity contribution is 5.30. The second-order valence-corrected chi connectivity index (χ2v) is 5.98. The molecule has 0 aromatic heterocycles. The van der Waals surface area contributed by atoms with Crippen molar-refractivity contribution in [1.82, 2.24) is 4.90 Å². The van der Waals surface area contributed by atoms with Gasteiger partial charge in [-0.2, -0.15) is 0 Å². The molecule has 0 spiro atoms. The molecule has 1 aliphatic heterocycles. The van der Waals surface area contributed by atoms with Crippen LogP contribution in [0.2, 0.25) is 0 Å². The molecule has 1 saturated heterocycles. The summed E-state index contributed by atoms with van der Waals surface area (Å²) < 4.78 is 5.69. The Kier molecular flexibility index (Phi) is 6.52. The summed E-state index contributed by atoms with van der Waals surface area (Å²) in [4.78, 5) is 2.59. The Bertz CT molecular complexity index is 390. The predicted molar refractivity (Wildman–Crippen MR) is 88.6 cm³/mol. The van der Waals surface area contributed by atoms with Crippen LogP contribution in [0.5, 0.6) is 5.75 Å². The van der Waals surface area contributed by atoms with Crippen LogP contribution in [0.1, 0.15) is 51.1 Å². The van der Waals surface area contributed by atoms with E-state index in [1.807, 2.05) is 0 Å². The van der Waals surface area contributed by atoms with Crippen molar-refractivity contribution in [3.8, 4) is 5.75 Å². The number of hydrogen-bond acceptors (Lipinski definition) is 3. The minimum atomic E-state index is 0.461. The van der Waals surface area contributed by atoms with Gasteiger partial charge in [0.25, 0.3) is 0 Å². The summed E-state index contributed by atoms with van der Waals surface area (Å²) in [6.07, 6.45) is 4.88. The van der Waals surface area contributed by atoms with Gasteiger partial charge in [0.15, 0.2) is 0 Å². The van der Waals surface area contributed by atoms with Crippen LogP contribution in [0.25, 0.3) is 0 Å². The van der Waals surface area contributed by atoms with Crippen molar-refractivity contribution in [2.45, 2.75) is 45.6 Å². The molecular weight excluding hydrogens is 260 g/mol. The zero-order chi connectivity index (χ0) is 15.1. The third-order valence-corrected chi connectivity index (χ3v) is 4.51. The van der Waals surface area contributed by atoms with E-state index in [0.717, 1.165) is 31.9 Å². The summed E-state index contributed by atoms with van der Waals surface area (Å²) in [5.74, 6) is 1.54. The lowest BCUT2D eigenvalue weighted by Gasteiger charge is -2.34. The molecule has 3 heteroatoms. The van der Waals surface area contributed by atoms with Crippen LogP contribution in [0.15, 0.2) is 24.3 Å². The van der Waals surface area contributed by atoms with Gasteiger partial charge in [-0.25, -0.2) is 0 Å². The summed E-state index contributed by atoms with van der Waals surface area (Å²) in [5, 5.41) is 0. The topological polar surface area (TPSA) is 38.5 Å². The molecule has 1 heterocycles. The number of nitrogens with two attached hydrogens (primary N) is 1. The quantitative estimate of drug-likeness (QED) is 0.870. The van der Waals surface area contributed by atoms with Gasteiger partial charge in [0.1, 0.15) is 5.75 Å². The van der Waals surface area contributed by atoms with Crippen molar-refractivity contribution in [3.05, 3.63) is 29.8 Å². The van der Waals surface area contributed by atoms with Crippen molar-refractivity contribution >= 4 is 0 Å². The summed E-state index contributed by atoms with van der Waals surface area (Å²) in [7, 11) is 0. The van der Waals surface area contributed by atoms with Crippen LogP contribution >= 0.6 is 0 Å². The van der Waals surface area contributed by atoms with Crippen LogP contribution < -0.4 is 10.5 Å². The van der Waals surface area contributed by atoms with Crippen LogP contribution in [0, 0.1) is 5.92 Å². The second-order valence-electron chi connectivity index (χ2n) is 5.98. The summed E-state index contributed by atoms with van der Waals surface area (Å²) in [5.41, 5.74) is 7.45. The van der Waals surface area contributed by atoms with Gasteiger partial charge >= 0.3 is 0 Å². The lowest BCUT2D eigenvalue weighted by Crippen LogP contribution is -2.35. The first-order chi connectivity index (χ1) is 10.3. The fraction of sp³-hybridized carbons (Fsp3) is 0.667. The third-order valence-electron chi connectivity index (χ3n) is 4.51. The lowest BCUT2D eigenvalue weighted by molar-refractivity contribution is 0.166. The van der Waals surface area contributed by atoms with Crippen molar-refractivity contribution in [2.75, 3.05) is 26.2 Å². The molecule has 0 aliphatic carbocycles. The molecular formula is C18H30N2O. The molecule has 1 fully saturated rings. The Balaban J connectivity index is 2.17. The zero-order valence-corrected chi connectivity index (χ0v) is 13.6. The molecule has 2 unspecified atom stereocenters. The predicted octanol–water partition coefficient (Wildman–Crippen LogP) is 3.60. The zero-order valence-electron chi connectivity index (χ0n) is 13.6. The van der Waals surface area contributed by atoms with Crippen LogP contribution in [0.4, 0.5) is 0 Å². The molecule has 2 atom stereocenters. The van der Waals surface area contributed by atoms with Gasteiger partial charge in [-0.1, -0.05) is 32.4 Å². The molecule has 3 nitrogen and oxygen atoms in total. The van der Waals surface area contributed by atoms with Crippen molar-refractivity contribution < 1.29 is 4.74 Å². The molecule has 0 radical (unpaired) electrons. The average molecular weight is 290 g/mol. The molecule has 0 saturated carbocycles. The highest BCUT2D eigenvalue weighted by Gasteiger charge is 2.29.